The summed E-state index contributed by atoms with van der Waals surface area (Å²) in [5, 5.41) is 3.33. The lowest BCUT2D eigenvalue weighted by atomic mass is 9.93. The van der Waals surface area contributed by atoms with Crippen molar-refractivity contribution in [1.29, 1.82) is 0 Å². The molecule has 19 heavy (non-hydrogen) atoms. The SMILES string of the molecule is C[C@@H]1CN(C(=O)C2(c3cccc(F)c3)CC2)CCN1. The molecule has 0 bridgehead atoms. The van der Waals surface area contributed by atoms with Gasteiger partial charge in [0.25, 0.3) is 0 Å². The quantitative estimate of drug-likeness (QED) is 0.879. The Morgan fingerprint density at radius 3 is 2.89 bits per heavy atom. The second-order valence-corrected chi connectivity index (χ2v) is 5.70. The summed E-state index contributed by atoms with van der Waals surface area (Å²) >= 11 is 0. The molecule has 2 fully saturated rings. The maximum absolute atomic E-state index is 13.4. The second kappa shape index (κ2) is 4.60. The van der Waals surface area contributed by atoms with Crippen molar-refractivity contribution in [1.82, 2.24) is 10.2 Å². The molecule has 1 heterocycles. The van der Waals surface area contributed by atoms with Crippen LogP contribution < -0.4 is 5.32 Å². The maximum atomic E-state index is 13.4. The van der Waals surface area contributed by atoms with Crippen molar-refractivity contribution in [3.8, 4) is 0 Å². The summed E-state index contributed by atoms with van der Waals surface area (Å²) < 4.78 is 13.4. The highest BCUT2D eigenvalue weighted by molar-refractivity contribution is 5.91. The Kier molecular flexibility index (Phi) is 3.05. The van der Waals surface area contributed by atoms with Crippen LogP contribution in [0, 0.1) is 5.82 Å². The molecule has 1 aliphatic carbocycles. The molecule has 0 unspecified atom stereocenters. The first-order valence-electron chi connectivity index (χ1n) is 6.91. The number of hydrogen-bond donors (Lipinski definition) is 1. The molecule has 1 aliphatic heterocycles. The van der Waals surface area contributed by atoms with Crippen molar-refractivity contribution in [3.63, 3.8) is 0 Å². The monoisotopic (exact) mass is 262 g/mol. The van der Waals surface area contributed by atoms with Crippen LogP contribution in [0.2, 0.25) is 0 Å². The lowest BCUT2D eigenvalue weighted by Crippen LogP contribution is -2.53. The van der Waals surface area contributed by atoms with E-state index < -0.39 is 5.41 Å². The highest BCUT2D eigenvalue weighted by atomic mass is 19.1. The zero-order valence-corrected chi connectivity index (χ0v) is 11.2. The topological polar surface area (TPSA) is 32.3 Å². The van der Waals surface area contributed by atoms with Crippen molar-refractivity contribution < 1.29 is 9.18 Å². The van der Waals surface area contributed by atoms with Crippen LogP contribution in [-0.2, 0) is 10.2 Å². The normalized spacial score (nSPS) is 25.2. The van der Waals surface area contributed by atoms with Crippen molar-refractivity contribution in [2.24, 2.45) is 0 Å². The van der Waals surface area contributed by atoms with Crippen LogP contribution in [0.4, 0.5) is 4.39 Å². The summed E-state index contributed by atoms with van der Waals surface area (Å²) in [6, 6.07) is 6.84. The number of carbonyl (C=O) groups excluding carboxylic acids is 1. The van der Waals surface area contributed by atoms with Crippen molar-refractivity contribution in [3.05, 3.63) is 35.6 Å². The molecule has 1 atom stereocenters. The van der Waals surface area contributed by atoms with E-state index in [0.717, 1.165) is 38.0 Å². The molecule has 4 heteroatoms. The van der Waals surface area contributed by atoms with Crippen LogP contribution in [0.5, 0.6) is 0 Å². The number of nitrogens with one attached hydrogen (secondary N) is 1. The Bertz CT molecular complexity index is 499. The van der Waals surface area contributed by atoms with E-state index in [2.05, 4.69) is 12.2 Å². The number of carbonyl (C=O) groups is 1. The van der Waals surface area contributed by atoms with Gasteiger partial charge in [0.15, 0.2) is 0 Å². The first kappa shape index (κ1) is 12.6. The summed E-state index contributed by atoms with van der Waals surface area (Å²) in [5.41, 5.74) is 0.391. The molecule has 1 N–H and O–H groups in total. The number of halogens is 1. The second-order valence-electron chi connectivity index (χ2n) is 5.70. The summed E-state index contributed by atoms with van der Waals surface area (Å²) in [7, 11) is 0. The number of piperazine rings is 1. The van der Waals surface area contributed by atoms with Crippen LogP contribution in [0.1, 0.15) is 25.3 Å². The number of hydrogen-bond acceptors (Lipinski definition) is 2. The average Bonchev–Trinajstić information content (AvgIpc) is 3.19. The summed E-state index contributed by atoms with van der Waals surface area (Å²) in [6.07, 6.45) is 1.68. The van der Waals surface area contributed by atoms with E-state index in [1.54, 1.807) is 6.07 Å². The maximum Gasteiger partial charge on any atom is 0.233 e. The van der Waals surface area contributed by atoms with Gasteiger partial charge in [0.1, 0.15) is 5.82 Å². The fourth-order valence-electron chi connectivity index (χ4n) is 2.96. The third kappa shape index (κ3) is 2.25. The molecule has 0 spiro atoms. The molecule has 102 valence electrons. The standard InChI is InChI=1S/C15H19FN2O/c1-11-10-18(8-7-17-11)14(19)15(5-6-15)12-3-2-4-13(16)9-12/h2-4,9,11,17H,5-8,10H2,1H3/t11-/m1/s1. The van der Waals surface area contributed by atoms with Gasteiger partial charge in [0.05, 0.1) is 5.41 Å². The Morgan fingerprint density at radius 2 is 2.26 bits per heavy atom. The summed E-state index contributed by atoms with van der Waals surface area (Å²) in [5.74, 6) is -0.0864. The van der Waals surface area contributed by atoms with Crippen molar-refractivity contribution in [2.45, 2.75) is 31.2 Å². The van der Waals surface area contributed by atoms with Crippen LogP contribution >= 0.6 is 0 Å². The lowest BCUT2D eigenvalue weighted by molar-refractivity contribution is -0.135. The highest BCUT2D eigenvalue weighted by Crippen LogP contribution is 2.49. The van der Waals surface area contributed by atoms with Crippen LogP contribution in [0.15, 0.2) is 24.3 Å². The van der Waals surface area contributed by atoms with E-state index in [-0.39, 0.29) is 11.7 Å². The molecule has 0 radical (unpaired) electrons. The van der Waals surface area contributed by atoms with Crippen LogP contribution in [0.3, 0.4) is 0 Å². The van der Waals surface area contributed by atoms with Crippen LogP contribution in [-0.4, -0.2) is 36.5 Å². The predicted molar refractivity (Wildman–Crippen MR) is 71.4 cm³/mol. The predicted octanol–water partition coefficient (Wildman–Crippen LogP) is 1.68. The molecular formula is C15H19FN2O. The van der Waals surface area contributed by atoms with Gasteiger partial charge in [-0.3, -0.25) is 4.79 Å². The van der Waals surface area contributed by atoms with Crippen molar-refractivity contribution in [2.75, 3.05) is 19.6 Å². The Labute approximate surface area is 112 Å². The van der Waals surface area contributed by atoms with Gasteiger partial charge in [-0.05, 0) is 37.5 Å². The highest BCUT2D eigenvalue weighted by Gasteiger charge is 2.53. The molecule has 3 rings (SSSR count). The number of nitrogens with zero attached hydrogens (tertiary/aromatic N) is 1. The zero-order valence-electron chi connectivity index (χ0n) is 11.2. The van der Waals surface area contributed by atoms with Gasteiger partial charge in [-0.15, -0.1) is 0 Å². The lowest BCUT2D eigenvalue weighted by Gasteiger charge is -2.34. The smallest absolute Gasteiger partial charge is 0.233 e. The zero-order chi connectivity index (χ0) is 13.5. The molecule has 1 aromatic carbocycles. The van der Waals surface area contributed by atoms with Gasteiger partial charge in [-0.25, -0.2) is 4.39 Å². The molecule has 2 aliphatic rings. The molecule has 1 aromatic rings. The largest absolute Gasteiger partial charge is 0.339 e. The Morgan fingerprint density at radius 1 is 1.47 bits per heavy atom. The van der Waals surface area contributed by atoms with E-state index in [4.69, 9.17) is 0 Å². The molecule has 3 nitrogen and oxygen atoms in total. The molecule has 0 aromatic heterocycles. The van der Waals surface area contributed by atoms with E-state index in [1.807, 2.05) is 11.0 Å². The van der Waals surface area contributed by atoms with E-state index in [1.165, 1.54) is 12.1 Å². The number of rotatable bonds is 2. The summed E-state index contributed by atoms with van der Waals surface area (Å²) in [6.45, 7) is 4.42. The van der Waals surface area contributed by atoms with Crippen molar-refractivity contribution >= 4 is 5.91 Å². The third-order valence-electron chi connectivity index (χ3n) is 4.19. The number of amides is 1. The first-order chi connectivity index (χ1) is 9.12. The van der Waals surface area contributed by atoms with Gasteiger partial charge in [0, 0.05) is 25.7 Å². The minimum atomic E-state index is -0.445. The minimum absolute atomic E-state index is 0.173. The molecule has 1 saturated heterocycles. The molecule has 1 amide bonds. The molecule has 1 saturated carbocycles. The van der Waals surface area contributed by atoms with E-state index in [9.17, 15) is 9.18 Å². The Balaban J connectivity index is 1.82. The summed E-state index contributed by atoms with van der Waals surface area (Å²) in [4.78, 5) is 14.6. The fraction of sp³-hybridized carbons (Fsp3) is 0.533. The van der Waals surface area contributed by atoms with Gasteiger partial charge in [0.2, 0.25) is 5.91 Å². The van der Waals surface area contributed by atoms with Crippen LogP contribution in [0.25, 0.3) is 0 Å². The van der Waals surface area contributed by atoms with Gasteiger partial charge < -0.3 is 10.2 Å². The van der Waals surface area contributed by atoms with E-state index in [0.29, 0.717) is 6.04 Å². The number of benzene rings is 1. The average molecular weight is 262 g/mol. The fourth-order valence-corrected chi connectivity index (χ4v) is 2.96. The van der Waals surface area contributed by atoms with E-state index >= 15 is 0 Å². The molecular weight excluding hydrogens is 243 g/mol. The van der Waals surface area contributed by atoms with Gasteiger partial charge >= 0.3 is 0 Å². The first-order valence-corrected chi connectivity index (χ1v) is 6.91. The third-order valence-corrected chi connectivity index (χ3v) is 4.19. The van der Waals surface area contributed by atoms with Gasteiger partial charge in [-0.1, -0.05) is 12.1 Å². The minimum Gasteiger partial charge on any atom is -0.339 e. The Hall–Kier alpha value is -1.42. The van der Waals surface area contributed by atoms with Gasteiger partial charge in [-0.2, -0.15) is 0 Å².